The van der Waals surface area contributed by atoms with Gasteiger partial charge in [0, 0.05) is 12.7 Å². The molecule has 0 radical (unpaired) electrons. The molecular formula is C9H14N4O. The third-order valence-corrected chi connectivity index (χ3v) is 1.66. The average molecular weight is 194 g/mol. The Morgan fingerprint density at radius 3 is 2.93 bits per heavy atom. The molecule has 0 spiro atoms. The van der Waals surface area contributed by atoms with Crippen molar-refractivity contribution in [1.29, 1.82) is 0 Å². The van der Waals surface area contributed by atoms with Crippen LogP contribution >= 0.6 is 0 Å². The van der Waals surface area contributed by atoms with Gasteiger partial charge in [-0.2, -0.15) is 0 Å². The Balaban J connectivity index is 2.79. The number of nitrogens with two attached hydrogens (primary N) is 1. The molecule has 1 heterocycles. The minimum absolute atomic E-state index is 0.327. The van der Waals surface area contributed by atoms with Gasteiger partial charge in [0.2, 0.25) is 0 Å². The first-order valence-electron chi connectivity index (χ1n) is 4.45. The number of carbonyl (C=O) groups excluding carboxylic acids is 1. The number of anilines is 1. The van der Waals surface area contributed by atoms with Gasteiger partial charge in [-0.3, -0.25) is 4.79 Å². The first kappa shape index (κ1) is 10.4. The molecule has 0 saturated carbocycles. The molecule has 0 unspecified atom stereocenters. The molecule has 0 aliphatic carbocycles. The Labute approximate surface area is 82.7 Å². The second-order valence-electron chi connectivity index (χ2n) is 3.42. The lowest BCUT2D eigenvalue weighted by Gasteiger charge is -2.09. The SMILES string of the molecule is CC(C)CNc1ncncc1C(N)=O. The van der Waals surface area contributed by atoms with Gasteiger partial charge in [0.1, 0.15) is 12.1 Å². The van der Waals surface area contributed by atoms with Crippen LogP contribution in [-0.4, -0.2) is 22.4 Å². The largest absolute Gasteiger partial charge is 0.369 e. The molecule has 5 heteroatoms. The molecular weight excluding hydrogens is 180 g/mol. The lowest BCUT2D eigenvalue weighted by Crippen LogP contribution is -2.17. The predicted molar refractivity (Wildman–Crippen MR) is 53.9 cm³/mol. The van der Waals surface area contributed by atoms with E-state index >= 15 is 0 Å². The molecule has 1 aromatic heterocycles. The van der Waals surface area contributed by atoms with Crippen LogP contribution in [0.15, 0.2) is 12.5 Å². The van der Waals surface area contributed by atoms with Crippen molar-refractivity contribution in [2.75, 3.05) is 11.9 Å². The summed E-state index contributed by atoms with van der Waals surface area (Å²) in [5, 5.41) is 3.04. The zero-order valence-corrected chi connectivity index (χ0v) is 8.32. The van der Waals surface area contributed by atoms with E-state index in [0.717, 1.165) is 6.54 Å². The van der Waals surface area contributed by atoms with Gasteiger partial charge in [0.25, 0.3) is 5.91 Å². The normalized spacial score (nSPS) is 10.2. The first-order valence-corrected chi connectivity index (χ1v) is 4.45. The third-order valence-electron chi connectivity index (χ3n) is 1.66. The molecule has 0 aliphatic heterocycles. The highest BCUT2D eigenvalue weighted by Crippen LogP contribution is 2.09. The van der Waals surface area contributed by atoms with Gasteiger partial charge in [-0.15, -0.1) is 0 Å². The van der Waals surface area contributed by atoms with Gasteiger partial charge in [-0.25, -0.2) is 9.97 Å². The summed E-state index contributed by atoms with van der Waals surface area (Å²) in [6, 6.07) is 0. The van der Waals surface area contributed by atoms with Crippen LogP contribution in [0.3, 0.4) is 0 Å². The monoisotopic (exact) mass is 194 g/mol. The van der Waals surface area contributed by atoms with Gasteiger partial charge in [0.15, 0.2) is 0 Å². The molecule has 14 heavy (non-hydrogen) atoms. The molecule has 5 nitrogen and oxygen atoms in total. The lowest BCUT2D eigenvalue weighted by molar-refractivity contribution is 0.100. The summed E-state index contributed by atoms with van der Waals surface area (Å²) in [7, 11) is 0. The number of hydrogen-bond acceptors (Lipinski definition) is 4. The van der Waals surface area contributed by atoms with E-state index in [-0.39, 0.29) is 0 Å². The van der Waals surface area contributed by atoms with Crippen LogP contribution in [0, 0.1) is 5.92 Å². The topological polar surface area (TPSA) is 80.9 Å². The Bertz CT molecular complexity index is 324. The summed E-state index contributed by atoms with van der Waals surface area (Å²) < 4.78 is 0. The summed E-state index contributed by atoms with van der Waals surface area (Å²) in [6.45, 7) is 4.88. The van der Waals surface area contributed by atoms with Crippen LogP contribution in [0.5, 0.6) is 0 Å². The molecule has 0 atom stereocenters. The summed E-state index contributed by atoms with van der Waals surface area (Å²) in [5.74, 6) is 0.462. The van der Waals surface area contributed by atoms with E-state index in [9.17, 15) is 4.79 Å². The number of carbonyl (C=O) groups is 1. The van der Waals surface area contributed by atoms with Gasteiger partial charge in [-0.05, 0) is 5.92 Å². The van der Waals surface area contributed by atoms with Crippen molar-refractivity contribution in [2.24, 2.45) is 11.7 Å². The predicted octanol–water partition coefficient (Wildman–Crippen LogP) is 0.643. The molecule has 0 bridgehead atoms. The highest BCUT2D eigenvalue weighted by molar-refractivity contribution is 5.97. The van der Waals surface area contributed by atoms with E-state index in [4.69, 9.17) is 5.73 Å². The number of nitrogens with one attached hydrogen (secondary N) is 1. The maximum Gasteiger partial charge on any atom is 0.254 e. The number of primary amides is 1. The van der Waals surface area contributed by atoms with Crippen molar-refractivity contribution < 1.29 is 4.79 Å². The highest BCUT2D eigenvalue weighted by Gasteiger charge is 2.08. The van der Waals surface area contributed by atoms with Crippen LogP contribution in [0.4, 0.5) is 5.82 Å². The van der Waals surface area contributed by atoms with Gasteiger partial charge in [-0.1, -0.05) is 13.8 Å². The average Bonchev–Trinajstić information content (AvgIpc) is 2.15. The van der Waals surface area contributed by atoms with Crippen LogP contribution in [0.2, 0.25) is 0 Å². The minimum atomic E-state index is -0.517. The Morgan fingerprint density at radius 2 is 2.36 bits per heavy atom. The van der Waals surface area contributed by atoms with E-state index in [0.29, 0.717) is 17.3 Å². The number of rotatable bonds is 4. The summed E-state index contributed by atoms with van der Waals surface area (Å²) in [5.41, 5.74) is 5.49. The van der Waals surface area contributed by atoms with Crippen LogP contribution in [-0.2, 0) is 0 Å². The fourth-order valence-corrected chi connectivity index (χ4v) is 0.952. The van der Waals surface area contributed by atoms with Crippen LogP contribution in [0.25, 0.3) is 0 Å². The summed E-state index contributed by atoms with van der Waals surface area (Å²) in [6.07, 6.45) is 2.80. The molecule has 0 fully saturated rings. The summed E-state index contributed by atoms with van der Waals surface area (Å²) >= 11 is 0. The zero-order valence-electron chi connectivity index (χ0n) is 8.32. The smallest absolute Gasteiger partial charge is 0.254 e. The Hall–Kier alpha value is -1.65. The van der Waals surface area contributed by atoms with E-state index < -0.39 is 5.91 Å². The van der Waals surface area contributed by atoms with Crippen molar-refractivity contribution in [1.82, 2.24) is 9.97 Å². The molecule has 1 aromatic rings. The van der Waals surface area contributed by atoms with Crippen molar-refractivity contribution >= 4 is 11.7 Å². The fraction of sp³-hybridized carbons (Fsp3) is 0.444. The van der Waals surface area contributed by atoms with E-state index in [1.54, 1.807) is 0 Å². The second kappa shape index (κ2) is 4.55. The second-order valence-corrected chi connectivity index (χ2v) is 3.42. The maximum atomic E-state index is 11.0. The van der Waals surface area contributed by atoms with Crippen molar-refractivity contribution in [3.8, 4) is 0 Å². The standard InChI is InChI=1S/C9H14N4O/c1-6(2)3-12-9-7(8(10)14)4-11-5-13-9/h4-6H,3H2,1-2H3,(H2,10,14)(H,11,12,13). The lowest BCUT2D eigenvalue weighted by atomic mass is 10.2. The molecule has 76 valence electrons. The van der Waals surface area contributed by atoms with Gasteiger partial charge < -0.3 is 11.1 Å². The van der Waals surface area contributed by atoms with E-state index in [1.165, 1.54) is 12.5 Å². The Morgan fingerprint density at radius 1 is 1.64 bits per heavy atom. The molecule has 0 aliphatic rings. The first-order chi connectivity index (χ1) is 6.61. The van der Waals surface area contributed by atoms with Crippen molar-refractivity contribution in [3.63, 3.8) is 0 Å². The Kier molecular flexibility index (Phi) is 3.39. The fourth-order valence-electron chi connectivity index (χ4n) is 0.952. The molecule has 0 saturated heterocycles. The number of amides is 1. The van der Waals surface area contributed by atoms with E-state index in [1.807, 2.05) is 0 Å². The number of hydrogen-bond donors (Lipinski definition) is 2. The van der Waals surface area contributed by atoms with Crippen molar-refractivity contribution in [2.45, 2.75) is 13.8 Å². The number of nitrogens with zero attached hydrogens (tertiary/aromatic N) is 2. The maximum absolute atomic E-state index is 11.0. The minimum Gasteiger partial charge on any atom is -0.369 e. The van der Waals surface area contributed by atoms with E-state index in [2.05, 4.69) is 29.1 Å². The third kappa shape index (κ3) is 2.69. The van der Waals surface area contributed by atoms with Crippen molar-refractivity contribution in [3.05, 3.63) is 18.1 Å². The molecule has 3 N–H and O–H groups in total. The zero-order chi connectivity index (χ0) is 10.6. The van der Waals surface area contributed by atoms with Gasteiger partial charge >= 0.3 is 0 Å². The molecule has 1 rings (SSSR count). The molecule has 1 amide bonds. The van der Waals surface area contributed by atoms with Crippen LogP contribution < -0.4 is 11.1 Å². The molecule has 0 aromatic carbocycles. The quantitative estimate of drug-likeness (QED) is 0.737. The van der Waals surface area contributed by atoms with Crippen LogP contribution in [0.1, 0.15) is 24.2 Å². The number of aromatic nitrogens is 2. The highest BCUT2D eigenvalue weighted by atomic mass is 16.1. The van der Waals surface area contributed by atoms with Gasteiger partial charge in [0.05, 0.1) is 5.56 Å². The summed E-state index contributed by atoms with van der Waals surface area (Å²) in [4.78, 5) is 18.7.